The zero-order valence-corrected chi connectivity index (χ0v) is 12.5. The molecule has 6 heteroatoms. The van der Waals surface area contributed by atoms with Gasteiger partial charge in [-0.25, -0.2) is 4.79 Å². The molecule has 0 aliphatic rings. The maximum Gasteiger partial charge on any atom is 0.333 e. The smallest absolute Gasteiger partial charge is 0.333 e. The van der Waals surface area contributed by atoms with Crippen molar-refractivity contribution in [3.05, 3.63) is 12.2 Å². The first-order valence-electron chi connectivity index (χ1n) is 5.76. The quantitative estimate of drug-likeness (QED) is 0.237. The average Bonchev–Trinajstić information content (AvgIpc) is 2.20. The van der Waals surface area contributed by atoms with Crippen LogP contribution in [0.5, 0.6) is 0 Å². The summed E-state index contributed by atoms with van der Waals surface area (Å²) in [7, 11) is 4.08. The Balaban J connectivity index is 3.84. The number of carbonyl (C=O) groups excluding carboxylic acids is 2. The summed E-state index contributed by atoms with van der Waals surface area (Å²) in [6, 6.07) is 0. The third-order valence-electron chi connectivity index (χ3n) is 1.99. The lowest BCUT2D eigenvalue weighted by molar-refractivity contribution is -0.861. The molecule has 1 unspecified atom stereocenters. The monoisotopic (exact) mass is 276 g/mol. The minimum absolute atomic E-state index is 0.122. The molecule has 0 aliphatic carbocycles. The lowest BCUT2D eigenvalue weighted by Gasteiger charge is -2.23. The van der Waals surface area contributed by atoms with Gasteiger partial charge in [0, 0.05) is 11.7 Å². The Morgan fingerprint density at radius 3 is 2.33 bits per heavy atom. The number of quaternary nitrogens is 1. The Kier molecular flexibility index (Phi) is 7.29. The Hall–Kier alpha value is -0.770. The Labute approximate surface area is 110 Å². The molecule has 0 bridgehead atoms. The maximum absolute atomic E-state index is 11.6. The van der Waals surface area contributed by atoms with Crippen LogP contribution < -0.4 is 0 Å². The molecular weight excluding hydrogens is 253 g/mol. The van der Waals surface area contributed by atoms with Crippen LogP contribution in [-0.4, -0.2) is 61.3 Å². The van der Waals surface area contributed by atoms with Crippen LogP contribution in [0.15, 0.2) is 12.2 Å². The predicted molar refractivity (Wildman–Crippen MR) is 72.3 cm³/mol. The Morgan fingerprint density at radius 2 is 1.89 bits per heavy atom. The number of nitrogens with zero attached hydrogens (tertiary/aromatic N) is 1. The van der Waals surface area contributed by atoms with Gasteiger partial charge in [0.25, 0.3) is 0 Å². The Morgan fingerprint density at radius 1 is 1.33 bits per heavy atom. The fourth-order valence-corrected chi connectivity index (χ4v) is 2.38. The molecule has 0 aromatic heterocycles. The summed E-state index contributed by atoms with van der Waals surface area (Å²) in [6.07, 6.45) is 0.863. The van der Waals surface area contributed by atoms with Crippen molar-refractivity contribution in [2.75, 3.05) is 40.5 Å². The summed E-state index contributed by atoms with van der Waals surface area (Å²) in [4.78, 5) is 32.4. The van der Waals surface area contributed by atoms with E-state index in [2.05, 4.69) is 6.58 Å². The van der Waals surface area contributed by atoms with Crippen molar-refractivity contribution < 1.29 is 23.7 Å². The van der Waals surface area contributed by atoms with E-state index in [1.165, 1.54) is 0 Å². The van der Waals surface area contributed by atoms with Crippen LogP contribution in [0.1, 0.15) is 13.3 Å². The van der Waals surface area contributed by atoms with Gasteiger partial charge in [0.1, 0.15) is 14.7 Å². The van der Waals surface area contributed by atoms with Gasteiger partial charge in [-0.3, -0.25) is 4.79 Å². The van der Waals surface area contributed by atoms with Crippen LogP contribution in [0.25, 0.3) is 0 Å². The summed E-state index contributed by atoms with van der Waals surface area (Å²) >= 11 is 0. The van der Waals surface area contributed by atoms with Gasteiger partial charge >= 0.3 is 5.97 Å². The minimum atomic E-state index is -1.62. The molecule has 0 rings (SSSR count). The van der Waals surface area contributed by atoms with E-state index in [9.17, 15) is 14.5 Å². The van der Waals surface area contributed by atoms with Crippen molar-refractivity contribution in [3.63, 3.8) is 0 Å². The number of hydrogen-bond acceptors (Lipinski definition) is 4. The van der Waals surface area contributed by atoms with Crippen LogP contribution >= 0.6 is 8.15 Å². The zero-order valence-electron chi connectivity index (χ0n) is 11.6. The third kappa shape index (κ3) is 8.34. The van der Waals surface area contributed by atoms with Gasteiger partial charge in [0.15, 0.2) is 0 Å². The predicted octanol–water partition coefficient (Wildman–Crippen LogP) is 1.12. The van der Waals surface area contributed by atoms with Gasteiger partial charge in [0.2, 0.25) is 5.52 Å². The maximum atomic E-state index is 11.6. The number of carbonyl (C=O) groups is 2. The molecular formula is C12H23NO4P+. The summed E-state index contributed by atoms with van der Waals surface area (Å²) in [5.74, 6) is -0.435. The molecule has 1 atom stereocenters. The van der Waals surface area contributed by atoms with E-state index in [1.807, 2.05) is 21.1 Å². The van der Waals surface area contributed by atoms with E-state index < -0.39 is 14.1 Å². The third-order valence-corrected chi connectivity index (χ3v) is 3.45. The van der Waals surface area contributed by atoms with Crippen molar-refractivity contribution in [2.45, 2.75) is 13.3 Å². The van der Waals surface area contributed by atoms with Gasteiger partial charge in [-0.1, -0.05) is 6.58 Å². The van der Waals surface area contributed by atoms with Crippen molar-refractivity contribution in [1.29, 1.82) is 0 Å². The van der Waals surface area contributed by atoms with E-state index >= 15 is 0 Å². The molecule has 1 N–H and O–H groups in total. The number of ether oxygens (including phenoxy) is 1. The SMILES string of the molecule is C=C(C)C(=O)OCCCP(O)C(=O)C[N+](C)(C)C. The normalized spacial score (nSPS) is 12.9. The first kappa shape index (κ1) is 17.2. The van der Waals surface area contributed by atoms with Crippen LogP contribution in [0, 0.1) is 0 Å². The van der Waals surface area contributed by atoms with Crippen LogP contribution in [0.2, 0.25) is 0 Å². The summed E-state index contributed by atoms with van der Waals surface area (Å²) in [5, 5.41) is 0. The second-order valence-electron chi connectivity index (χ2n) is 5.24. The number of rotatable bonds is 8. The molecule has 0 aliphatic heterocycles. The van der Waals surface area contributed by atoms with Gasteiger partial charge in [-0.15, -0.1) is 0 Å². The first-order valence-corrected chi connectivity index (χ1v) is 7.24. The van der Waals surface area contributed by atoms with E-state index in [4.69, 9.17) is 4.74 Å². The van der Waals surface area contributed by atoms with E-state index in [0.717, 1.165) is 0 Å². The van der Waals surface area contributed by atoms with Gasteiger partial charge in [-0.2, -0.15) is 0 Å². The van der Waals surface area contributed by atoms with Crippen molar-refractivity contribution in [2.24, 2.45) is 0 Å². The minimum Gasteiger partial charge on any atom is -0.462 e. The topological polar surface area (TPSA) is 63.6 Å². The fourth-order valence-electron chi connectivity index (χ4n) is 1.11. The summed E-state index contributed by atoms with van der Waals surface area (Å²) < 4.78 is 5.38. The first-order chi connectivity index (χ1) is 8.13. The molecule has 104 valence electrons. The lowest BCUT2D eigenvalue weighted by Crippen LogP contribution is -2.39. The molecule has 0 saturated carbocycles. The van der Waals surface area contributed by atoms with Crippen molar-refractivity contribution in [3.8, 4) is 0 Å². The zero-order chi connectivity index (χ0) is 14.3. The van der Waals surface area contributed by atoms with Gasteiger partial charge in [0.05, 0.1) is 27.7 Å². The molecule has 0 heterocycles. The average molecular weight is 276 g/mol. The van der Waals surface area contributed by atoms with Gasteiger partial charge < -0.3 is 14.1 Å². The molecule has 0 aromatic carbocycles. The van der Waals surface area contributed by atoms with Crippen LogP contribution in [0.3, 0.4) is 0 Å². The highest BCUT2D eigenvalue weighted by Gasteiger charge is 2.22. The highest BCUT2D eigenvalue weighted by Crippen LogP contribution is 2.32. The lowest BCUT2D eigenvalue weighted by atomic mass is 10.4. The number of hydrogen-bond donors (Lipinski definition) is 1. The number of esters is 1. The van der Waals surface area contributed by atoms with Crippen molar-refractivity contribution >= 4 is 19.6 Å². The summed E-state index contributed by atoms with van der Waals surface area (Å²) in [5.41, 5.74) is 0.228. The molecule has 0 spiro atoms. The van der Waals surface area contributed by atoms with E-state index in [-0.39, 0.29) is 12.1 Å². The van der Waals surface area contributed by atoms with Crippen LogP contribution in [-0.2, 0) is 14.3 Å². The standard InChI is InChI=1S/C12H23NO4P/c1-10(2)12(15)17-7-6-8-18(16)11(14)9-13(3,4)5/h16H,1,6-9H2,2-5H3/q+1. The largest absolute Gasteiger partial charge is 0.462 e. The molecule has 0 amide bonds. The molecule has 0 radical (unpaired) electrons. The highest BCUT2D eigenvalue weighted by atomic mass is 31.1. The van der Waals surface area contributed by atoms with E-state index in [0.29, 0.717) is 29.2 Å². The van der Waals surface area contributed by atoms with Crippen LogP contribution in [0.4, 0.5) is 0 Å². The molecule has 0 saturated heterocycles. The molecule has 0 aromatic rings. The fraction of sp³-hybridized carbons (Fsp3) is 0.667. The second-order valence-corrected chi connectivity index (χ2v) is 6.98. The Bertz CT molecular complexity index is 323. The summed E-state index contributed by atoms with van der Waals surface area (Å²) in [6.45, 7) is 5.56. The second kappa shape index (κ2) is 7.62. The van der Waals surface area contributed by atoms with Gasteiger partial charge in [-0.05, 0) is 13.3 Å². The molecule has 5 nitrogen and oxygen atoms in total. The van der Waals surface area contributed by atoms with E-state index in [1.54, 1.807) is 6.92 Å². The molecule has 0 fully saturated rings. The number of likely N-dealkylation sites (N-methyl/N-ethyl adjacent to an activating group) is 1. The molecule has 18 heavy (non-hydrogen) atoms. The highest BCUT2D eigenvalue weighted by molar-refractivity contribution is 7.69. The van der Waals surface area contributed by atoms with Crippen molar-refractivity contribution in [1.82, 2.24) is 0 Å².